The van der Waals surface area contributed by atoms with Gasteiger partial charge in [-0.1, -0.05) is 0 Å². The second-order valence-corrected chi connectivity index (χ2v) is 9.79. The Morgan fingerprint density at radius 1 is 1.20 bits per heavy atom. The molecular weight excluding hydrogens is 515 g/mol. The molecule has 11 nitrogen and oxygen atoms in total. The van der Waals surface area contributed by atoms with Crippen molar-refractivity contribution in [3.63, 3.8) is 0 Å². The molecule has 1 unspecified atom stereocenters. The number of aromatic nitrogens is 3. The number of alkyl halides is 1. The molecule has 3 atom stereocenters. The zero-order valence-corrected chi connectivity index (χ0v) is 22.1. The van der Waals surface area contributed by atoms with Crippen LogP contribution in [-0.2, 0) is 4.79 Å². The number of rotatable bonds is 7. The molecule has 1 amide bonds. The highest BCUT2D eigenvalue weighted by molar-refractivity contribution is 5.80. The molecule has 208 valence electrons. The molecule has 2 aliphatic rings. The number of amides is 1. The summed E-state index contributed by atoms with van der Waals surface area (Å²) in [7, 11) is 0. The molecular formula is C28H31FN8O3. The number of nitrogens with zero attached hydrogens (tertiary/aromatic N) is 6. The molecule has 0 saturated carbocycles. The number of likely N-dealkylation sites (tertiary alicyclic amines) is 1. The third kappa shape index (κ3) is 6.27. The molecule has 3 heterocycles. The topological polar surface area (TPSA) is 140 Å². The first-order chi connectivity index (χ1) is 19.4. The van der Waals surface area contributed by atoms with Crippen molar-refractivity contribution >= 4 is 23.2 Å². The van der Waals surface area contributed by atoms with E-state index in [1.54, 1.807) is 18.2 Å². The average molecular weight is 547 g/mol. The summed E-state index contributed by atoms with van der Waals surface area (Å²) >= 11 is 0. The summed E-state index contributed by atoms with van der Waals surface area (Å²) in [5.74, 6) is 0.455. The number of benzene rings is 2. The maximum absolute atomic E-state index is 14.8. The Morgan fingerprint density at radius 3 is 2.67 bits per heavy atom. The maximum atomic E-state index is 14.8. The lowest BCUT2D eigenvalue weighted by Gasteiger charge is -2.35. The Morgan fingerprint density at radius 2 is 1.98 bits per heavy atom. The van der Waals surface area contributed by atoms with Gasteiger partial charge in [0.2, 0.25) is 5.95 Å². The number of aliphatic hydroxyl groups is 1. The number of hydrogen-bond acceptors (Lipinski definition) is 10. The Labute approximate surface area is 231 Å². The van der Waals surface area contributed by atoms with Crippen molar-refractivity contribution in [3.05, 3.63) is 54.4 Å². The Balaban J connectivity index is 1.25. The quantitative estimate of drug-likeness (QED) is 0.404. The van der Waals surface area contributed by atoms with E-state index in [4.69, 9.17) is 4.74 Å². The zero-order valence-electron chi connectivity index (χ0n) is 22.1. The molecule has 3 N–H and O–H groups in total. The highest BCUT2D eigenvalue weighted by atomic mass is 19.1. The van der Waals surface area contributed by atoms with Crippen molar-refractivity contribution < 1.29 is 19.0 Å². The van der Waals surface area contributed by atoms with Gasteiger partial charge in [-0.25, -0.2) is 14.4 Å². The number of piperazine rings is 1. The van der Waals surface area contributed by atoms with Crippen LogP contribution in [0.3, 0.4) is 0 Å². The van der Waals surface area contributed by atoms with Crippen LogP contribution in [0.15, 0.2) is 48.8 Å². The molecule has 5 rings (SSSR count). The third-order valence-electron chi connectivity index (χ3n) is 6.96. The van der Waals surface area contributed by atoms with Crippen LogP contribution in [-0.4, -0.2) is 88.5 Å². The summed E-state index contributed by atoms with van der Waals surface area (Å²) in [5.41, 5.74) is 2.79. The summed E-state index contributed by atoms with van der Waals surface area (Å²) in [6.45, 7) is 5.32. The number of carbonyl (C=O) groups is 1. The van der Waals surface area contributed by atoms with Gasteiger partial charge in [-0.15, -0.1) is 0 Å². The van der Waals surface area contributed by atoms with E-state index in [1.165, 1.54) is 18.2 Å². The first-order valence-electron chi connectivity index (χ1n) is 13.2. The number of piperidine rings is 1. The number of carbonyl (C=O) groups excluding carboxylic acids is 1. The summed E-state index contributed by atoms with van der Waals surface area (Å²) in [6, 6.07) is 15.1. The fourth-order valence-corrected chi connectivity index (χ4v) is 4.81. The lowest BCUT2D eigenvalue weighted by Crippen LogP contribution is -2.51. The number of ether oxygens (including phenoxy) is 1. The van der Waals surface area contributed by atoms with E-state index < -0.39 is 24.3 Å². The molecule has 2 saturated heterocycles. The normalized spacial score (nSPS) is 19.9. The second-order valence-electron chi connectivity index (χ2n) is 9.79. The molecule has 0 spiro atoms. The third-order valence-corrected chi connectivity index (χ3v) is 6.96. The molecule has 0 aliphatic carbocycles. The van der Waals surface area contributed by atoms with Crippen molar-refractivity contribution in [2.45, 2.75) is 31.7 Å². The van der Waals surface area contributed by atoms with Crippen molar-refractivity contribution in [2.75, 3.05) is 49.5 Å². The van der Waals surface area contributed by atoms with Gasteiger partial charge in [-0.05, 0) is 49.4 Å². The van der Waals surface area contributed by atoms with Gasteiger partial charge in [0.25, 0.3) is 5.91 Å². The predicted octanol–water partition coefficient (Wildman–Crippen LogP) is 2.26. The van der Waals surface area contributed by atoms with Crippen LogP contribution < -0.4 is 20.3 Å². The van der Waals surface area contributed by atoms with E-state index in [0.29, 0.717) is 17.3 Å². The van der Waals surface area contributed by atoms with E-state index >= 15 is 0 Å². The SMILES string of the molecule is C[C@H](O)C(=O)N1CCC(Oc2ccc(-c3ncnc(Nc4ccc(N5CCNCC5)cc4)n3)cc2C#N)[C@@H](F)C1. The summed E-state index contributed by atoms with van der Waals surface area (Å²) in [5, 5.41) is 25.8. The van der Waals surface area contributed by atoms with Crippen LogP contribution in [0.5, 0.6) is 5.75 Å². The van der Waals surface area contributed by atoms with Crippen LogP contribution in [0.4, 0.5) is 21.7 Å². The van der Waals surface area contributed by atoms with Crippen LogP contribution in [0.2, 0.25) is 0 Å². The van der Waals surface area contributed by atoms with E-state index in [2.05, 4.69) is 48.7 Å². The second kappa shape index (κ2) is 12.2. The molecule has 2 aromatic carbocycles. The van der Waals surface area contributed by atoms with Gasteiger partial charge < -0.3 is 30.3 Å². The zero-order chi connectivity index (χ0) is 28.1. The number of halogens is 1. The number of aliphatic hydroxyl groups excluding tert-OH is 1. The number of anilines is 3. The summed E-state index contributed by atoms with van der Waals surface area (Å²) in [4.78, 5) is 28.6. The van der Waals surface area contributed by atoms with Crippen molar-refractivity contribution in [2.24, 2.45) is 0 Å². The summed E-state index contributed by atoms with van der Waals surface area (Å²) in [6.07, 6.45) is -1.82. The first kappa shape index (κ1) is 27.2. The van der Waals surface area contributed by atoms with E-state index in [1.807, 2.05) is 12.1 Å². The largest absolute Gasteiger partial charge is 0.486 e. The fraction of sp³-hybridized carbons (Fsp3) is 0.393. The van der Waals surface area contributed by atoms with Crippen LogP contribution in [0.1, 0.15) is 18.9 Å². The van der Waals surface area contributed by atoms with Crippen LogP contribution in [0, 0.1) is 11.3 Å². The molecule has 1 aromatic heterocycles. The van der Waals surface area contributed by atoms with Crippen LogP contribution in [0.25, 0.3) is 11.4 Å². The van der Waals surface area contributed by atoms with Crippen molar-refractivity contribution in [1.82, 2.24) is 25.2 Å². The van der Waals surface area contributed by atoms with E-state index in [9.17, 15) is 19.6 Å². The lowest BCUT2D eigenvalue weighted by molar-refractivity contribution is -0.143. The Bertz CT molecular complexity index is 1370. The molecule has 3 aromatic rings. The Kier molecular flexibility index (Phi) is 8.33. The summed E-state index contributed by atoms with van der Waals surface area (Å²) < 4.78 is 20.7. The van der Waals surface area contributed by atoms with E-state index in [0.717, 1.165) is 37.6 Å². The van der Waals surface area contributed by atoms with E-state index in [-0.39, 0.29) is 30.8 Å². The number of hydrogen-bond donors (Lipinski definition) is 3. The molecule has 2 aliphatic heterocycles. The molecule has 12 heteroatoms. The van der Waals surface area contributed by atoms with Crippen LogP contribution >= 0.6 is 0 Å². The number of nitriles is 1. The predicted molar refractivity (Wildman–Crippen MR) is 147 cm³/mol. The molecule has 0 bridgehead atoms. The number of nitrogens with one attached hydrogen (secondary N) is 2. The van der Waals surface area contributed by atoms with Gasteiger partial charge in [-0.2, -0.15) is 10.2 Å². The standard InChI is InChI=1S/C28H31FN8O3/c1-18(38)27(39)37-11-8-25(23(29)16-37)40-24-7-2-19(14-20(24)15-30)26-32-17-33-28(35-26)34-21-3-5-22(6-4-21)36-12-9-31-10-13-36/h2-7,14,17-18,23,25,31,38H,8-13,16H2,1H3,(H,32,33,34,35)/t18-,23-,25?/m0/s1. The lowest BCUT2D eigenvalue weighted by atomic mass is 10.0. The highest BCUT2D eigenvalue weighted by Gasteiger charge is 2.34. The minimum Gasteiger partial charge on any atom is -0.486 e. The minimum atomic E-state index is -1.45. The minimum absolute atomic E-state index is 0.173. The van der Waals surface area contributed by atoms with Gasteiger partial charge in [0.1, 0.15) is 30.4 Å². The highest BCUT2D eigenvalue weighted by Crippen LogP contribution is 2.29. The molecule has 0 radical (unpaired) electrons. The first-order valence-corrected chi connectivity index (χ1v) is 13.2. The van der Waals surface area contributed by atoms with Gasteiger partial charge in [0, 0.05) is 56.1 Å². The van der Waals surface area contributed by atoms with Crippen molar-refractivity contribution in [3.8, 4) is 23.2 Å². The fourth-order valence-electron chi connectivity index (χ4n) is 4.81. The smallest absolute Gasteiger partial charge is 0.251 e. The maximum Gasteiger partial charge on any atom is 0.251 e. The van der Waals surface area contributed by atoms with Gasteiger partial charge in [0.05, 0.1) is 12.1 Å². The van der Waals surface area contributed by atoms with Crippen molar-refractivity contribution in [1.29, 1.82) is 5.26 Å². The van der Waals surface area contributed by atoms with Gasteiger partial charge in [-0.3, -0.25) is 4.79 Å². The molecule has 40 heavy (non-hydrogen) atoms. The average Bonchev–Trinajstić information content (AvgIpc) is 2.99. The van der Waals surface area contributed by atoms with Gasteiger partial charge in [0.15, 0.2) is 12.0 Å². The molecule has 2 fully saturated rings. The Hall–Kier alpha value is -4.34. The van der Waals surface area contributed by atoms with Gasteiger partial charge >= 0.3 is 0 Å². The monoisotopic (exact) mass is 546 g/mol.